The van der Waals surface area contributed by atoms with Crippen LogP contribution in [0.4, 0.5) is 0 Å². The summed E-state index contributed by atoms with van der Waals surface area (Å²) in [7, 11) is 0. The van der Waals surface area contributed by atoms with Gasteiger partial charge in [-0.15, -0.1) is 11.6 Å². The summed E-state index contributed by atoms with van der Waals surface area (Å²) in [4.78, 5) is 4.82. The van der Waals surface area contributed by atoms with Crippen LogP contribution in [0.25, 0.3) is 11.0 Å². The third kappa shape index (κ3) is 2.59. The highest BCUT2D eigenvalue weighted by atomic mass is 35.5. The van der Waals surface area contributed by atoms with Gasteiger partial charge in [-0.3, -0.25) is 0 Å². The van der Waals surface area contributed by atoms with Crippen LogP contribution in [0.3, 0.4) is 0 Å². The minimum absolute atomic E-state index is 0.0536. The van der Waals surface area contributed by atoms with Crippen LogP contribution in [0.1, 0.15) is 62.8 Å². The topological polar surface area (TPSA) is 17.8 Å². The fourth-order valence-electron chi connectivity index (χ4n) is 3.77. The van der Waals surface area contributed by atoms with E-state index < -0.39 is 0 Å². The normalized spacial score (nSPS) is 28.0. The molecule has 1 heterocycles. The molecule has 2 nitrogen and oxygen atoms in total. The third-order valence-electron chi connectivity index (χ3n) is 5.22. The van der Waals surface area contributed by atoms with Crippen LogP contribution >= 0.6 is 11.6 Å². The summed E-state index contributed by atoms with van der Waals surface area (Å²) < 4.78 is 2.44. The van der Waals surface area contributed by atoms with Crippen molar-refractivity contribution in [1.82, 2.24) is 9.55 Å². The predicted molar refractivity (Wildman–Crippen MR) is 90.0 cm³/mol. The molecule has 0 N–H and O–H groups in total. The minimum Gasteiger partial charge on any atom is -0.323 e. The molecular weight excluding hydrogens is 280 g/mol. The largest absolute Gasteiger partial charge is 0.323 e. The minimum atomic E-state index is -0.0536. The van der Waals surface area contributed by atoms with Gasteiger partial charge in [0.25, 0.3) is 0 Å². The molecule has 1 aromatic carbocycles. The monoisotopic (exact) mass is 304 g/mol. The molecule has 0 spiro atoms. The number of halogens is 1. The molecule has 4 atom stereocenters. The Morgan fingerprint density at radius 3 is 2.76 bits per heavy atom. The first kappa shape index (κ1) is 14.9. The van der Waals surface area contributed by atoms with Gasteiger partial charge in [-0.05, 0) is 49.8 Å². The Bertz CT molecular complexity index is 644. The number of hydrogen-bond donors (Lipinski definition) is 0. The van der Waals surface area contributed by atoms with Crippen molar-refractivity contribution >= 4 is 22.6 Å². The van der Waals surface area contributed by atoms with Gasteiger partial charge in [0.15, 0.2) is 0 Å². The number of nitrogens with zero attached hydrogens (tertiary/aromatic N) is 2. The van der Waals surface area contributed by atoms with Crippen LogP contribution in [0.2, 0.25) is 0 Å². The Morgan fingerprint density at radius 2 is 2.05 bits per heavy atom. The molecule has 4 unspecified atom stereocenters. The fourth-order valence-corrected chi connectivity index (χ4v) is 3.92. The average molecular weight is 305 g/mol. The molecule has 0 saturated heterocycles. The highest BCUT2D eigenvalue weighted by Crippen LogP contribution is 2.41. The molecule has 1 aliphatic rings. The summed E-state index contributed by atoms with van der Waals surface area (Å²) in [6.45, 7) is 8.94. The second kappa shape index (κ2) is 5.64. The molecule has 0 amide bonds. The molecule has 3 heteroatoms. The van der Waals surface area contributed by atoms with E-state index in [9.17, 15) is 0 Å². The van der Waals surface area contributed by atoms with Gasteiger partial charge in [0.1, 0.15) is 5.82 Å². The highest BCUT2D eigenvalue weighted by molar-refractivity contribution is 6.20. The molecule has 0 aliphatic heterocycles. The first-order valence-corrected chi connectivity index (χ1v) is 8.55. The number of imidazole rings is 1. The number of aryl methyl sites for hydroxylation is 1. The lowest BCUT2D eigenvalue weighted by atomic mass is 9.77. The number of benzene rings is 1. The summed E-state index contributed by atoms with van der Waals surface area (Å²) in [5.41, 5.74) is 3.62. The summed E-state index contributed by atoms with van der Waals surface area (Å²) in [6.07, 6.45) is 3.88. The molecule has 1 aromatic heterocycles. The zero-order valence-corrected chi connectivity index (χ0v) is 14.2. The molecular formula is C18H25ClN2. The summed E-state index contributed by atoms with van der Waals surface area (Å²) in [5.74, 6) is 2.47. The summed E-state index contributed by atoms with van der Waals surface area (Å²) >= 11 is 6.44. The van der Waals surface area contributed by atoms with Crippen molar-refractivity contribution < 1.29 is 0 Å². The van der Waals surface area contributed by atoms with E-state index in [-0.39, 0.29) is 5.38 Å². The fraction of sp³-hybridized carbons (Fsp3) is 0.611. The van der Waals surface area contributed by atoms with Gasteiger partial charge < -0.3 is 4.57 Å². The SMILES string of the molecule is Cc1ccc2nc(C(C)Cl)n(C3CCCC(C)C3C)c2c1. The maximum Gasteiger partial charge on any atom is 0.127 e. The van der Waals surface area contributed by atoms with E-state index in [1.807, 2.05) is 6.92 Å². The lowest BCUT2D eigenvalue weighted by molar-refractivity contribution is 0.186. The number of hydrogen-bond acceptors (Lipinski definition) is 1. The zero-order valence-electron chi connectivity index (χ0n) is 13.4. The van der Waals surface area contributed by atoms with Crippen molar-refractivity contribution in [3.05, 3.63) is 29.6 Å². The van der Waals surface area contributed by atoms with E-state index in [0.29, 0.717) is 12.0 Å². The molecule has 21 heavy (non-hydrogen) atoms. The second-order valence-electron chi connectivity index (χ2n) is 6.78. The van der Waals surface area contributed by atoms with Gasteiger partial charge >= 0.3 is 0 Å². The molecule has 1 aliphatic carbocycles. The lowest BCUT2D eigenvalue weighted by Gasteiger charge is -2.36. The van der Waals surface area contributed by atoms with Gasteiger partial charge in [0.2, 0.25) is 0 Å². The first-order chi connectivity index (χ1) is 9.99. The summed E-state index contributed by atoms with van der Waals surface area (Å²) in [6, 6.07) is 7.05. The lowest BCUT2D eigenvalue weighted by Crippen LogP contribution is -2.28. The summed E-state index contributed by atoms with van der Waals surface area (Å²) in [5, 5.41) is -0.0536. The van der Waals surface area contributed by atoms with E-state index in [1.165, 1.54) is 30.3 Å². The van der Waals surface area contributed by atoms with E-state index in [1.54, 1.807) is 0 Å². The highest BCUT2D eigenvalue weighted by Gasteiger charge is 2.31. The van der Waals surface area contributed by atoms with Crippen molar-refractivity contribution in [3.63, 3.8) is 0 Å². The van der Waals surface area contributed by atoms with E-state index in [4.69, 9.17) is 16.6 Å². The smallest absolute Gasteiger partial charge is 0.127 e. The zero-order chi connectivity index (χ0) is 15.1. The Hall–Kier alpha value is -1.02. The van der Waals surface area contributed by atoms with Crippen molar-refractivity contribution in [2.45, 2.75) is 58.4 Å². The van der Waals surface area contributed by atoms with Crippen LogP contribution in [0, 0.1) is 18.8 Å². The molecule has 0 bridgehead atoms. The Labute approximate surface area is 132 Å². The van der Waals surface area contributed by atoms with Gasteiger partial charge in [-0.25, -0.2) is 4.98 Å². The molecule has 1 saturated carbocycles. The van der Waals surface area contributed by atoms with Gasteiger partial charge in [-0.2, -0.15) is 0 Å². The van der Waals surface area contributed by atoms with Gasteiger partial charge in [0, 0.05) is 6.04 Å². The molecule has 0 radical (unpaired) electrons. The predicted octanol–water partition coefficient (Wildman–Crippen LogP) is 5.64. The first-order valence-electron chi connectivity index (χ1n) is 8.11. The molecule has 3 rings (SSSR count). The Kier molecular flexibility index (Phi) is 4.00. The van der Waals surface area contributed by atoms with Crippen LogP contribution in [-0.4, -0.2) is 9.55 Å². The number of aromatic nitrogens is 2. The van der Waals surface area contributed by atoms with Gasteiger partial charge in [0.05, 0.1) is 16.4 Å². The number of rotatable bonds is 2. The Morgan fingerprint density at radius 1 is 1.29 bits per heavy atom. The number of fused-ring (bicyclic) bond motifs is 1. The van der Waals surface area contributed by atoms with Crippen LogP contribution in [0.15, 0.2) is 18.2 Å². The van der Waals surface area contributed by atoms with E-state index in [2.05, 4.69) is 43.5 Å². The average Bonchev–Trinajstić information content (AvgIpc) is 2.80. The maximum absolute atomic E-state index is 6.44. The van der Waals surface area contributed by atoms with E-state index >= 15 is 0 Å². The van der Waals surface area contributed by atoms with Crippen molar-refractivity contribution in [2.75, 3.05) is 0 Å². The quantitative estimate of drug-likeness (QED) is 0.656. The molecule has 2 aromatic rings. The number of alkyl halides is 1. The Balaban J connectivity index is 2.18. The van der Waals surface area contributed by atoms with Crippen molar-refractivity contribution in [3.8, 4) is 0 Å². The van der Waals surface area contributed by atoms with E-state index in [0.717, 1.165) is 17.3 Å². The molecule has 114 valence electrons. The van der Waals surface area contributed by atoms with Gasteiger partial charge in [-0.1, -0.05) is 32.8 Å². The second-order valence-corrected chi connectivity index (χ2v) is 7.44. The van der Waals surface area contributed by atoms with Crippen LogP contribution in [-0.2, 0) is 0 Å². The maximum atomic E-state index is 6.44. The van der Waals surface area contributed by atoms with Crippen LogP contribution in [0.5, 0.6) is 0 Å². The van der Waals surface area contributed by atoms with Crippen LogP contribution < -0.4 is 0 Å². The van der Waals surface area contributed by atoms with Crippen molar-refractivity contribution in [1.29, 1.82) is 0 Å². The third-order valence-corrected chi connectivity index (χ3v) is 5.42. The molecule has 1 fully saturated rings. The van der Waals surface area contributed by atoms with Crippen molar-refractivity contribution in [2.24, 2.45) is 11.8 Å². The standard InChI is InChI=1S/C18H25ClN2/c1-11-8-9-15-17(10-11)21(18(20-15)14(4)19)16-7-5-6-12(2)13(16)3/h8-10,12-14,16H,5-7H2,1-4H3.